The van der Waals surface area contributed by atoms with Gasteiger partial charge in [0.2, 0.25) is 10.9 Å². The number of thioether (sulfide) groups is 1. The number of aliphatic hydroxyl groups is 1. The van der Waals surface area contributed by atoms with Crippen molar-refractivity contribution in [1.29, 1.82) is 0 Å². The normalized spacial score (nSPS) is 15.0. The van der Waals surface area contributed by atoms with Crippen molar-refractivity contribution in [3.63, 3.8) is 0 Å². The molecule has 3 heterocycles. The van der Waals surface area contributed by atoms with Gasteiger partial charge in [-0.2, -0.15) is 0 Å². The molecular weight excluding hydrogens is 606 g/mol. The van der Waals surface area contributed by atoms with Gasteiger partial charge in [0.25, 0.3) is 11.8 Å². The maximum atomic E-state index is 13.8. The zero-order chi connectivity index (χ0) is 29.3. The molecule has 0 spiro atoms. The Morgan fingerprint density at radius 3 is 2.51 bits per heavy atom. The van der Waals surface area contributed by atoms with Crippen LogP contribution in [0.15, 0.2) is 64.2 Å². The van der Waals surface area contributed by atoms with Gasteiger partial charge in [0, 0.05) is 10.8 Å². The van der Waals surface area contributed by atoms with Gasteiger partial charge in [-0.05, 0) is 43.2 Å². The summed E-state index contributed by atoms with van der Waals surface area (Å²) in [7, 11) is 0. The minimum atomic E-state index is -1.00. The second-order valence-electron chi connectivity index (χ2n) is 8.87. The van der Waals surface area contributed by atoms with Crippen LogP contribution in [0.2, 0.25) is 5.02 Å². The standard InChI is InChI=1S/C27H22ClN5O5S3/c1-13-24(40-14(2)30-13)22(35)20-21(15-7-9-17(10-8-15)38-11-19(29)34)33(25(37)23(20)36)26-31-32-27(41-26)39-12-16-5-3-4-6-18(16)28/h3-10,21,36H,11-12H2,1-2H3,(H2,29,34). The van der Waals surface area contributed by atoms with Crippen molar-refractivity contribution in [2.24, 2.45) is 5.73 Å². The fourth-order valence-corrected chi connectivity index (χ4v) is 7.26. The smallest absolute Gasteiger partial charge is 0.296 e. The number of thiazole rings is 1. The van der Waals surface area contributed by atoms with Crippen LogP contribution in [0.25, 0.3) is 0 Å². The molecule has 1 aliphatic heterocycles. The number of aromatic nitrogens is 3. The van der Waals surface area contributed by atoms with Gasteiger partial charge in [-0.15, -0.1) is 21.5 Å². The van der Waals surface area contributed by atoms with Gasteiger partial charge < -0.3 is 15.6 Å². The number of hydrogen-bond donors (Lipinski definition) is 2. The molecule has 5 rings (SSSR count). The lowest BCUT2D eigenvalue weighted by molar-refractivity contribution is -0.120. The van der Waals surface area contributed by atoms with Crippen LogP contribution in [0.1, 0.15) is 37.5 Å². The number of aliphatic hydroxyl groups excluding tert-OH is 1. The Kier molecular flexibility index (Phi) is 8.40. The Labute approximate surface area is 251 Å². The number of amides is 2. The lowest BCUT2D eigenvalue weighted by Gasteiger charge is -2.24. The molecule has 3 N–H and O–H groups in total. The van der Waals surface area contributed by atoms with Crippen LogP contribution >= 0.6 is 46.0 Å². The van der Waals surface area contributed by atoms with Crippen molar-refractivity contribution in [2.75, 3.05) is 11.5 Å². The van der Waals surface area contributed by atoms with Gasteiger partial charge in [0.15, 0.2) is 16.7 Å². The van der Waals surface area contributed by atoms with E-state index in [4.69, 9.17) is 22.1 Å². The average molecular weight is 628 g/mol. The summed E-state index contributed by atoms with van der Waals surface area (Å²) < 4.78 is 5.93. The summed E-state index contributed by atoms with van der Waals surface area (Å²) in [6.07, 6.45) is 0. The van der Waals surface area contributed by atoms with Crippen LogP contribution in [0, 0.1) is 13.8 Å². The highest BCUT2D eigenvalue weighted by Crippen LogP contribution is 2.45. The van der Waals surface area contributed by atoms with Gasteiger partial charge >= 0.3 is 0 Å². The first-order valence-corrected chi connectivity index (χ1v) is 15.1. The van der Waals surface area contributed by atoms with Gasteiger partial charge in [0.05, 0.1) is 27.2 Å². The molecule has 2 aromatic heterocycles. The van der Waals surface area contributed by atoms with E-state index in [0.717, 1.165) is 16.9 Å². The van der Waals surface area contributed by atoms with Crippen molar-refractivity contribution in [3.05, 3.63) is 91.6 Å². The third-order valence-corrected chi connectivity index (χ3v) is 9.60. The Balaban J connectivity index is 1.50. The lowest BCUT2D eigenvalue weighted by atomic mass is 9.95. The quantitative estimate of drug-likeness (QED) is 0.137. The molecule has 0 saturated heterocycles. The predicted molar refractivity (Wildman–Crippen MR) is 158 cm³/mol. The summed E-state index contributed by atoms with van der Waals surface area (Å²) in [5.74, 6) is -1.66. The molecule has 0 radical (unpaired) electrons. The fraction of sp³-hybridized carbons (Fsp3) is 0.185. The number of aryl methyl sites for hydroxylation is 2. The van der Waals surface area contributed by atoms with Gasteiger partial charge in [-0.25, -0.2) is 4.98 Å². The highest BCUT2D eigenvalue weighted by molar-refractivity contribution is 8.00. The molecular formula is C27H22ClN5O5S3. The first kappa shape index (κ1) is 28.7. The van der Waals surface area contributed by atoms with E-state index in [-0.39, 0.29) is 17.3 Å². The Bertz CT molecular complexity index is 1680. The molecule has 1 unspecified atom stereocenters. The van der Waals surface area contributed by atoms with Crippen LogP contribution < -0.4 is 15.4 Å². The van der Waals surface area contributed by atoms with E-state index in [1.807, 2.05) is 18.2 Å². The van der Waals surface area contributed by atoms with E-state index in [2.05, 4.69) is 15.2 Å². The highest BCUT2D eigenvalue weighted by Gasteiger charge is 2.46. The van der Waals surface area contributed by atoms with Crippen LogP contribution in [0.5, 0.6) is 5.75 Å². The summed E-state index contributed by atoms with van der Waals surface area (Å²) >= 11 is 10.0. The molecule has 2 amide bonds. The number of hydrogen-bond acceptors (Lipinski definition) is 11. The number of carbonyl (C=O) groups excluding carboxylic acids is 3. The summed E-state index contributed by atoms with van der Waals surface area (Å²) in [4.78, 5) is 44.3. The third-order valence-electron chi connectivity index (χ3n) is 6.05. The molecule has 0 saturated carbocycles. The Morgan fingerprint density at radius 2 is 1.85 bits per heavy atom. The second-order valence-corrected chi connectivity index (χ2v) is 12.7. The number of halogens is 1. The number of ketones is 1. The molecule has 10 nitrogen and oxygen atoms in total. The van der Waals surface area contributed by atoms with E-state index in [1.165, 1.54) is 28.0 Å². The summed E-state index contributed by atoms with van der Waals surface area (Å²) in [5, 5.41) is 21.0. The van der Waals surface area contributed by atoms with Crippen LogP contribution in [-0.2, 0) is 15.3 Å². The van der Waals surface area contributed by atoms with E-state index in [1.54, 1.807) is 44.2 Å². The molecule has 14 heteroatoms. The van der Waals surface area contributed by atoms with Crippen LogP contribution in [-0.4, -0.2) is 44.5 Å². The molecule has 4 aromatic rings. The van der Waals surface area contributed by atoms with E-state index < -0.39 is 29.4 Å². The minimum Gasteiger partial charge on any atom is -0.503 e. The number of nitrogens with zero attached hydrogens (tertiary/aromatic N) is 4. The molecule has 41 heavy (non-hydrogen) atoms. The number of rotatable bonds is 10. The Hall–Kier alpha value is -3.78. The summed E-state index contributed by atoms with van der Waals surface area (Å²) in [6, 6.07) is 12.9. The molecule has 1 atom stereocenters. The molecule has 0 bridgehead atoms. The number of nitrogens with two attached hydrogens (primary N) is 1. The Morgan fingerprint density at radius 1 is 1.12 bits per heavy atom. The van der Waals surface area contributed by atoms with Gasteiger partial charge in [-0.1, -0.05) is 65.0 Å². The maximum Gasteiger partial charge on any atom is 0.296 e. The van der Waals surface area contributed by atoms with Crippen molar-refractivity contribution in [2.45, 2.75) is 30.0 Å². The maximum absolute atomic E-state index is 13.8. The van der Waals surface area contributed by atoms with Gasteiger partial charge in [-0.3, -0.25) is 19.3 Å². The van der Waals surface area contributed by atoms with Crippen molar-refractivity contribution in [3.8, 4) is 5.75 Å². The largest absolute Gasteiger partial charge is 0.503 e. The molecule has 0 aliphatic carbocycles. The van der Waals surface area contributed by atoms with Crippen molar-refractivity contribution < 1.29 is 24.2 Å². The molecule has 1 aliphatic rings. The van der Waals surface area contributed by atoms with Crippen LogP contribution in [0.4, 0.5) is 5.13 Å². The highest BCUT2D eigenvalue weighted by atomic mass is 35.5. The SMILES string of the molecule is Cc1nc(C)c(C(=O)C2=C(O)C(=O)N(c3nnc(SCc4ccccc4Cl)s3)C2c2ccc(OCC(N)=O)cc2)s1. The van der Waals surface area contributed by atoms with Crippen LogP contribution in [0.3, 0.4) is 0 Å². The molecule has 2 aromatic carbocycles. The zero-order valence-electron chi connectivity index (χ0n) is 21.7. The number of carbonyl (C=O) groups is 3. The van der Waals surface area contributed by atoms with Crippen molar-refractivity contribution in [1.82, 2.24) is 15.2 Å². The van der Waals surface area contributed by atoms with Crippen molar-refractivity contribution >= 4 is 68.8 Å². The zero-order valence-corrected chi connectivity index (χ0v) is 24.9. The summed E-state index contributed by atoms with van der Waals surface area (Å²) in [6.45, 7) is 3.18. The summed E-state index contributed by atoms with van der Waals surface area (Å²) in [5.41, 5.74) is 7.01. The number of primary amides is 1. The number of Topliss-reactive ketones (excluding diaryl/α,β-unsaturated/α-hetero) is 1. The second kappa shape index (κ2) is 12.0. The topological polar surface area (TPSA) is 149 Å². The first-order chi connectivity index (χ1) is 19.6. The average Bonchev–Trinajstić information content (AvgIpc) is 3.62. The third kappa shape index (κ3) is 5.98. The predicted octanol–water partition coefficient (Wildman–Crippen LogP) is 5.20. The molecule has 0 fully saturated rings. The first-order valence-electron chi connectivity index (χ1n) is 12.1. The number of ether oxygens (including phenoxy) is 1. The van der Waals surface area contributed by atoms with E-state index in [0.29, 0.717) is 42.0 Å². The lowest BCUT2D eigenvalue weighted by Crippen LogP contribution is -2.31. The number of anilines is 1. The monoisotopic (exact) mass is 627 g/mol. The fourth-order valence-electron chi connectivity index (χ4n) is 4.23. The number of benzene rings is 2. The minimum absolute atomic E-state index is 0.0898. The molecule has 210 valence electrons. The van der Waals surface area contributed by atoms with Gasteiger partial charge in [0.1, 0.15) is 5.75 Å². The van der Waals surface area contributed by atoms with E-state index >= 15 is 0 Å². The van der Waals surface area contributed by atoms with E-state index in [9.17, 15) is 19.5 Å².